The zero-order valence-corrected chi connectivity index (χ0v) is 22.7. The summed E-state index contributed by atoms with van der Waals surface area (Å²) in [6, 6.07) is 6.73. The van der Waals surface area contributed by atoms with Crippen molar-refractivity contribution >= 4 is 111 Å². The minimum atomic E-state index is -1.25. The Labute approximate surface area is 218 Å². The van der Waals surface area contributed by atoms with Crippen LogP contribution in [0.3, 0.4) is 0 Å². The third kappa shape index (κ3) is 5.45. The Morgan fingerprint density at radius 3 is 2.41 bits per heavy atom. The van der Waals surface area contributed by atoms with Gasteiger partial charge in [-0.1, -0.05) is 27.5 Å². The van der Waals surface area contributed by atoms with E-state index in [0.717, 1.165) is 4.47 Å². The highest BCUT2D eigenvalue weighted by atomic mass is 79.9. The minimum absolute atomic E-state index is 0.0275. The molecule has 0 aromatic heterocycles. The molecule has 1 heterocycles. The lowest BCUT2D eigenvalue weighted by atomic mass is 9.42. The van der Waals surface area contributed by atoms with Gasteiger partial charge in [0.2, 0.25) is 0 Å². The van der Waals surface area contributed by atoms with Gasteiger partial charge in [-0.25, -0.2) is 9.87 Å². The molecule has 172 valence electrons. The highest BCUT2D eigenvalue weighted by Gasteiger charge is 2.38. The molecule has 4 N–H and O–H groups in total. The lowest BCUT2D eigenvalue weighted by Gasteiger charge is -2.37. The maximum Gasteiger partial charge on any atom is 0.277 e. The molecule has 0 radical (unpaired) electrons. The van der Waals surface area contributed by atoms with Crippen LogP contribution in [0.25, 0.3) is 0 Å². The van der Waals surface area contributed by atoms with Crippen molar-refractivity contribution in [3.63, 3.8) is 0 Å². The monoisotopic (exact) mass is 542 g/mol. The number of fused-ring (bicyclic) bond motifs is 1. The van der Waals surface area contributed by atoms with Crippen molar-refractivity contribution in [3.05, 3.63) is 45.1 Å². The van der Waals surface area contributed by atoms with Crippen molar-refractivity contribution in [2.24, 2.45) is 0 Å². The molecule has 34 heavy (non-hydrogen) atoms. The Bertz CT molecular complexity index is 1130. The number of nitrogens with one attached hydrogen (secondary N) is 3. The van der Waals surface area contributed by atoms with E-state index in [2.05, 4.69) is 32.0 Å². The van der Waals surface area contributed by atoms with E-state index in [0.29, 0.717) is 28.8 Å². The van der Waals surface area contributed by atoms with Gasteiger partial charge in [0.1, 0.15) is 54.9 Å². The first-order valence-corrected chi connectivity index (χ1v) is 12.0. The van der Waals surface area contributed by atoms with Gasteiger partial charge in [-0.15, -0.1) is 0 Å². The molecular formula is C17H24B7BrClFN4O3. The predicted molar refractivity (Wildman–Crippen MR) is 159 cm³/mol. The maximum absolute atomic E-state index is 15.9. The SMILES string of the molecule is BC(B)(B)N1CNc2c1cc(C(=O)NOC(B)(B)C(B)(B)O)c(Nc1ccc(Br)cc1Cl)c2F. The quantitative estimate of drug-likeness (QED) is 0.212. The van der Waals surface area contributed by atoms with Crippen LogP contribution in [0, 0.1) is 5.82 Å². The zero-order valence-electron chi connectivity index (χ0n) is 20.4. The number of hydrogen-bond donors (Lipinski definition) is 4. The van der Waals surface area contributed by atoms with Gasteiger partial charge < -0.3 is 20.6 Å². The maximum atomic E-state index is 15.9. The number of carbonyl (C=O) groups excluding carboxylic acids is 1. The Morgan fingerprint density at radius 2 is 1.85 bits per heavy atom. The molecular weight excluding hydrogens is 518 g/mol. The van der Waals surface area contributed by atoms with Crippen molar-refractivity contribution in [3.8, 4) is 0 Å². The van der Waals surface area contributed by atoms with Crippen molar-refractivity contribution in [2.45, 2.75) is 16.0 Å². The summed E-state index contributed by atoms with van der Waals surface area (Å²) in [5.41, 5.74) is 3.65. The average molecular weight is 542 g/mol. The van der Waals surface area contributed by atoms with Crippen LogP contribution < -0.4 is 21.0 Å². The molecule has 1 aliphatic rings. The minimum Gasteiger partial charge on any atom is -0.406 e. The molecule has 1 amide bonds. The zero-order chi connectivity index (χ0) is 25.6. The molecule has 2 aromatic rings. The number of nitrogens with zero attached hydrogens (tertiary/aromatic N) is 1. The van der Waals surface area contributed by atoms with Gasteiger partial charge in [0, 0.05) is 15.3 Å². The number of amides is 1. The first kappa shape index (κ1) is 27.0. The smallest absolute Gasteiger partial charge is 0.277 e. The van der Waals surface area contributed by atoms with Gasteiger partial charge in [0.15, 0.2) is 5.82 Å². The summed E-state index contributed by atoms with van der Waals surface area (Å²) in [6.07, 6.45) is 0. The van der Waals surface area contributed by atoms with Crippen molar-refractivity contribution in [2.75, 3.05) is 22.2 Å². The highest BCUT2D eigenvalue weighted by molar-refractivity contribution is 9.10. The Balaban J connectivity index is 2.08. The van der Waals surface area contributed by atoms with Gasteiger partial charge in [0.05, 0.1) is 40.0 Å². The molecule has 0 bridgehead atoms. The predicted octanol–water partition coefficient (Wildman–Crippen LogP) is -3.82. The summed E-state index contributed by atoms with van der Waals surface area (Å²) in [7, 11) is 12.4. The Hall–Kier alpha value is -1.62. The molecule has 0 aliphatic carbocycles. The standard InChI is InChI=1S/C17H24B7BrClFN4O3/c18-15(19,33)16(20,21)34-30-14(32)7-4-10-13(28-5-31(10)17(22,23)24)11(27)12(7)29-9-2-1-6(25)3-8(9)26/h1-4,28-29,33H,5,18-24H2,(H,30,32). The van der Waals surface area contributed by atoms with Crippen LogP contribution >= 0.6 is 27.5 Å². The lowest BCUT2D eigenvalue weighted by Crippen LogP contribution is -2.60. The second-order valence-corrected chi connectivity index (χ2v) is 11.6. The number of rotatable bonds is 7. The number of carbonyl (C=O) groups is 1. The number of hydroxylamine groups is 1. The topological polar surface area (TPSA) is 85.9 Å². The van der Waals surface area contributed by atoms with E-state index >= 15 is 4.39 Å². The fraction of sp³-hybridized carbons (Fsp3) is 0.235. The van der Waals surface area contributed by atoms with Crippen LogP contribution in [0.4, 0.5) is 27.1 Å². The highest BCUT2D eigenvalue weighted by Crippen LogP contribution is 2.43. The third-order valence-corrected chi connectivity index (χ3v) is 6.87. The van der Waals surface area contributed by atoms with Crippen molar-refractivity contribution in [1.29, 1.82) is 0 Å². The second kappa shape index (κ2) is 9.45. The number of aliphatic hydroxyl groups is 1. The molecule has 0 saturated heterocycles. The van der Waals surface area contributed by atoms with E-state index in [1.165, 1.54) is 0 Å². The van der Waals surface area contributed by atoms with Crippen LogP contribution in [0.2, 0.25) is 5.02 Å². The van der Waals surface area contributed by atoms with Gasteiger partial charge in [-0.05, 0) is 29.5 Å². The van der Waals surface area contributed by atoms with Crippen molar-refractivity contribution < 1.29 is 19.1 Å². The van der Waals surface area contributed by atoms with Crippen LogP contribution in [0.15, 0.2) is 28.7 Å². The van der Waals surface area contributed by atoms with Crippen LogP contribution in [-0.2, 0) is 4.84 Å². The van der Waals surface area contributed by atoms with E-state index in [1.54, 1.807) is 55.7 Å². The fourth-order valence-corrected chi connectivity index (χ4v) is 3.96. The molecule has 0 fully saturated rings. The number of halogens is 3. The normalized spacial score (nSPS) is 13.8. The molecule has 0 spiro atoms. The lowest BCUT2D eigenvalue weighted by molar-refractivity contribution is -0.0488. The summed E-state index contributed by atoms with van der Waals surface area (Å²) >= 11 is 9.70. The summed E-state index contributed by atoms with van der Waals surface area (Å²) in [5, 5.41) is 14.1. The number of anilines is 4. The first-order valence-electron chi connectivity index (χ1n) is 10.8. The van der Waals surface area contributed by atoms with E-state index in [9.17, 15) is 9.90 Å². The first-order chi connectivity index (χ1) is 15.5. The molecule has 0 saturated carbocycles. The van der Waals surface area contributed by atoms with Gasteiger partial charge >= 0.3 is 0 Å². The van der Waals surface area contributed by atoms with E-state index in [4.69, 9.17) is 16.4 Å². The van der Waals surface area contributed by atoms with Gasteiger partial charge in [0.25, 0.3) is 5.91 Å². The molecule has 0 unspecified atom stereocenters. The van der Waals surface area contributed by atoms with Crippen LogP contribution in [0.1, 0.15) is 10.4 Å². The third-order valence-electron chi connectivity index (χ3n) is 6.07. The number of hydrogen-bond acceptors (Lipinski definition) is 6. The molecule has 17 heteroatoms. The molecule has 0 atom stereocenters. The molecule has 1 aliphatic heterocycles. The summed E-state index contributed by atoms with van der Waals surface area (Å²) in [5.74, 6) is -1.29. The molecule has 2 aromatic carbocycles. The van der Waals surface area contributed by atoms with E-state index < -0.39 is 22.5 Å². The summed E-state index contributed by atoms with van der Waals surface area (Å²) in [4.78, 5) is 20.8. The van der Waals surface area contributed by atoms with E-state index in [-0.39, 0.29) is 16.5 Å². The fourth-order valence-electron chi connectivity index (χ4n) is 3.24. The average Bonchev–Trinajstić information content (AvgIpc) is 3.13. The van der Waals surface area contributed by atoms with Gasteiger partial charge in [-0.3, -0.25) is 9.63 Å². The summed E-state index contributed by atoms with van der Waals surface area (Å²) < 4.78 is 16.6. The van der Waals surface area contributed by atoms with Crippen LogP contribution in [0.5, 0.6) is 0 Å². The Morgan fingerprint density at radius 1 is 1.21 bits per heavy atom. The largest absolute Gasteiger partial charge is 0.406 e. The molecule has 3 rings (SSSR count). The Kier molecular flexibility index (Phi) is 7.50. The van der Waals surface area contributed by atoms with Gasteiger partial charge in [-0.2, -0.15) is 0 Å². The van der Waals surface area contributed by atoms with Crippen LogP contribution in [-0.4, -0.2) is 88.6 Å². The summed E-state index contributed by atoms with van der Waals surface area (Å²) in [6.45, 7) is 0.390. The van der Waals surface area contributed by atoms with E-state index in [1.807, 2.05) is 28.4 Å². The second-order valence-electron chi connectivity index (χ2n) is 10.3. The molecule has 7 nitrogen and oxygen atoms in total. The number of benzene rings is 2. The van der Waals surface area contributed by atoms with Crippen molar-refractivity contribution in [1.82, 2.24) is 5.48 Å².